The SMILES string of the molecule is COc1cccc(NC(=S)N/N=C/C(Br)=C/c2ccccc2)c1. The molecule has 0 aliphatic rings. The van der Waals surface area contributed by atoms with Gasteiger partial charge in [-0.2, -0.15) is 5.10 Å². The van der Waals surface area contributed by atoms with E-state index in [1.165, 1.54) is 0 Å². The van der Waals surface area contributed by atoms with E-state index in [1.807, 2.05) is 60.7 Å². The largest absolute Gasteiger partial charge is 0.497 e. The molecule has 0 aliphatic heterocycles. The lowest BCUT2D eigenvalue weighted by Crippen LogP contribution is -2.23. The lowest BCUT2D eigenvalue weighted by Gasteiger charge is -2.08. The zero-order chi connectivity index (χ0) is 16.5. The lowest BCUT2D eigenvalue weighted by atomic mass is 10.2. The van der Waals surface area contributed by atoms with Gasteiger partial charge in [0.05, 0.1) is 13.3 Å². The molecule has 0 amide bonds. The molecule has 6 heteroatoms. The summed E-state index contributed by atoms with van der Waals surface area (Å²) in [5.41, 5.74) is 4.68. The van der Waals surface area contributed by atoms with E-state index >= 15 is 0 Å². The van der Waals surface area contributed by atoms with Gasteiger partial charge in [0.1, 0.15) is 5.75 Å². The number of thiocarbonyl (C=S) groups is 1. The van der Waals surface area contributed by atoms with Crippen LogP contribution in [0, 0.1) is 0 Å². The molecule has 2 aromatic rings. The van der Waals surface area contributed by atoms with Gasteiger partial charge in [0, 0.05) is 16.2 Å². The van der Waals surface area contributed by atoms with Crippen LogP contribution in [0.4, 0.5) is 5.69 Å². The highest BCUT2D eigenvalue weighted by atomic mass is 79.9. The van der Waals surface area contributed by atoms with Crippen molar-refractivity contribution >= 4 is 51.2 Å². The van der Waals surface area contributed by atoms with Crippen molar-refractivity contribution in [2.75, 3.05) is 12.4 Å². The number of hydrazone groups is 1. The maximum atomic E-state index is 5.19. The van der Waals surface area contributed by atoms with E-state index in [0.717, 1.165) is 21.5 Å². The molecule has 4 nitrogen and oxygen atoms in total. The van der Waals surface area contributed by atoms with Crippen LogP contribution < -0.4 is 15.5 Å². The minimum absolute atomic E-state index is 0.398. The molecule has 0 fully saturated rings. The number of hydrogen-bond acceptors (Lipinski definition) is 3. The number of nitrogens with zero attached hydrogens (tertiary/aromatic N) is 1. The summed E-state index contributed by atoms with van der Waals surface area (Å²) in [6.45, 7) is 0. The Kier molecular flexibility index (Phi) is 6.77. The Labute approximate surface area is 149 Å². The number of methoxy groups -OCH3 is 1. The van der Waals surface area contributed by atoms with Gasteiger partial charge in [-0.3, -0.25) is 5.43 Å². The third-order valence-electron chi connectivity index (χ3n) is 2.79. The normalized spacial score (nSPS) is 11.3. The molecule has 0 heterocycles. The predicted octanol–water partition coefficient (Wildman–Crippen LogP) is 4.40. The molecule has 23 heavy (non-hydrogen) atoms. The topological polar surface area (TPSA) is 45.6 Å². The molecule has 0 aromatic heterocycles. The van der Waals surface area contributed by atoms with Crippen molar-refractivity contribution in [2.24, 2.45) is 5.10 Å². The van der Waals surface area contributed by atoms with Crippen LogP contribution in [-0.4, -0.2) is 18.4 Å². The standard InChI is InChI=1S/C17H16BrN3OS/c1-22-16-9-5-8-15(11-16)20-17(23)21-19-12-14(18)10-13-6-3-2-4-7-13/h2-12H,1H3,(H2,20,21,23)/b14-10-,19-12+. The molecule has 2 rings (SSSR count). The second-order valence-corrected chi connectivity index (χ2v) is 5.82. The highest BCUT2D eigenvalue weighted by molar-refractivity contribution is 9.12. The van der Waals surface area contributed by atoms with Crippen LogP contribution in [0.3, 0.4) is 0 Å². The van der Waals surface area contributed by atoms with Gasteiger partial charge in [0.2, 0.25) is 0 Å². The van der Waals surface area contributed by atoms with Crippen molar-refractivity contribution in [3.8, 4) is 5.75 Å². The maximum Gasteiger partial charge on any atom is 0.191 e. The fourth-order valence-corrected chi connectivity index (χ4v) is 2.30. The van der Waals surface area contributed by atoms with Crippen LogP contribution >= 0.6 is 28.1 Å². The first kappa shape index (κ1) is 17.2. The van der Waals surface area contributed by atoms with Crippen LogP contribution in [0.25, 0.3) is 6.08 Å². The van der Waals surface area contributed by atoms with Gasteiger partial charge < -0.3 is 10.1 Å². The zero-order valence-electron chi connectivity index (χ0n) is 12.5. The molecule has 0 radical (unpaired) electrons. The molecule has 118 valence electrons. The molecule has 0 bridgehead atoms. The number of nitrogens with one attached hydrogen (secondary N) is 2. The first-order valence-corrected chi connectivity index (χ1v) is 8.04. The summed E-state index contributed by atoms with van der Waals surface area (Å²) in [6, 6.07) is 17.5. The van der Waals surface area contributed by atoms with Gasteiger partial charge in [-0.15, -0.1) is 0 Å². The number of hydrogen-bond donors (Lipinski definition) is 2. The summed E-state index contributed by atoms with van der Waals surface area (Å²) in [4.78, 5) is 0. The van der Waals surface area contributed by atoms with Gasteiger partial charge in [-0.1, -0.05) is 36.4 Å². The molecule has 0 atom stereocenters. The first-order valence-electron chi connectivity index (χ1n) is 6.84. The van der Waals surface area contributed by atoms with Gasteiger partial charge in [0.25, 0.3) is 0 Å². The Balaban J connectivity index is 1.87. The summed E-state index contributed by atoms with van der Waals surface area (Å²) in [5.74, 6) is 0.759. The van der Waals surface area contributed by atoms with Crippen LogP contribution in [0.1, 0.15) is 5.56 Å². The number of halogens is 1. The van der Waals surface area contributed by atoms with Gasteiger partial charge in [-0.05, 0) is 51.9 Å². The average Bonchev–Trinajstić information content (AvgIpc) is 2.56. The van der Waals surface area contributed by atoms with Gasteiger partial charge >= 0.3 is 0 Å². The van der Waals surface area contributed by atoms with Gasteiger partial charge in [-0.25, -0.2) is 0 Å². The smallest absolute Gasteiger partial charge is 0.191 e. The third kappa shape index (κ3) is 6.22. The predicted molar refractivity (Wildman–Crippen MR) is 104 cm³/mol. The van der Waals surface area contributed by atoms with E-state index < -0.39 is 0 Å². The van der Waals surface area contributed by atoms with Crippen LogP contribution in [0.5, 0.6) is 5.75 Å². The summed E-state index contributed by atoms with van der Waals surface area (Å²) in [5, 5.41) is 7.51. The quantitative estimate of drug-likeness (QED) is 0.451. The first-order chi connectivity index (χ1) is 11.2. The van der Waals surface area contributed by atoms with E-state index in [1.54, 1.807) is 13.3 Å². The summed E-state index contributed by atoms with van der Waals surface area (Å²) in [6.07, 6.45) is 3.61. The average molecular weight is 390 g/mol. The fraction of sp³-hybridized carbons (Fsp3) is 0.0588. The second-order valence-electron chi connectivity index (χ2n) is 4.50. The zero-order valence-corrected chi connectivity index (χ0v) is 14.9. The van der Waals surface area contributed by atoms with Crippen molar-refractivity contribution in [3.05, 3.63) is 64.6 Å². The van der Waals surface area contributed by atoms with Crippen LogP contribution in [0.2, 0.25) is 0 Å². The Morgan fingerprint density at radius 1 is 1.17 bits per heavy atom. The van der Waals surface area contributed by atoms with Crippen molar-refractivity contribution < 1.29 is 4.74 Å². The monoisotopic (exact) mass is 389 g/mol. The Bertz CT molecular complexity index is 717. The number of anilines is 1. The van der Waals surface area contributed by atoms with Crippen molar-refractivity contribution in [1.82, 2.24) is 5.43 Å². The van der Waals surface area contributed by atoms with Crippen molar-refractivity contribution in [2.45, 2.75) is 0 Å². The highest BCUT2D eigenvalue weighted by Gasteiger charge is 1.98. The summed E-state index contributed by atoms with van der Waals surface area (Å²) < 4.78 is 5.99. The summed E-state index contributed by atoms with van der Waals surface area (Å²) in [7, 11) is 1.62. The van der Waals surface area contributed by atoms with Crippen molar-refractivity contribution in [3.63, 3.8) is 0 Å². The molecule has 0 unspecified atom stereocenters. The maximum absolute atomic E-state index is 5.19. The van der Waals surface area contributed by atoms with E-state index in [9.17, 15) is 0 Å². The van der Waals surface area contributed by atoms with E-state index in [4.69, 9.17) is 17.0 Å². The van der Waals surface area contributed by atoms with Crippen LogP contribution in [0.15, 0.2) is 64.2 Å². The molecular weight excluding hydrogens is 374 g/mol. The Hall–Kier alpha value is -2.18. The third-order valence-corrected chi connectivity index (χ3v) is 3.41. The second kappa shape index (κ2) is 9.07. The molecular formula is C17H16BrN3OS. The minimum atomic E-state index is 0.398. The Morgan fingerprint density at radius 3 is 2.70 bits per heavy atom. The molecule has 2 aromatic carbocycles. The molecule has 0 aliphatic carbocycles. The van der Waals surface area contributed by atoms with E-state index in [-0.39, 0.29) is 0 Å². The van der Waals surface area contributed by atoms with E-state index in [0.29, 0.717) is 5.11 Å². The molecule has 2 N–H and O–H groups in total. The lowest BCUT2D eigenvalue weighted by molar-refractivity contribution is 0.415. The highest BCUT2D eigenvalue weighted by Crippen LogP contribution is 2.16. The van der Waals surface area contributed by atoms with Gasteiger partial charge in [0.15, 0.2) is 5.11 Å². The number of benzene rings is 2. The molecule has 0 spiro atoms. The molecule has 0 saturated heterocycles. The van der Waals surface area contributed by atoms with Crippen LogP contribution in [-0.2, 0) is 0 Å². The fourth-order valence-electron chi connectivity index (χ4n) is 1.76. The molecule has 0 saturated carbocycles. The number of rotatable bonds is 5. The Morgan fingerprint density at radius 2 is 1.96 bits per heavy atom. The number of allylic oxidation sites excluding steroid dienone is 1. The summed E-state index contributed by atoms with van der Waals surface area (Å²) >= 11 is 8.63. The van der Waals surface area contributed by atoms with E-state index in [2.05, 4.69) is 31.8 Å². The number of ether oxygens (including phenoxy) is 1. The van der Waals surface area contributed by atoms with Crippen molar-refractivity contribution in [1.29, 1.82) is 0 Å². The minimum Gasteiger partial charge on any atom is -0.497 e.